The van der Waals surface area contributed by atoms with Crippen LogP contribution >= 0.6 is 11.8 Å². The van der Waals surface area contributed by atoms with E-state index in [0.29, 0.717) is 6.54 Å². The number of rotatable bonds is 4. The Balaban J connectivity index is 2.05. The average molecular weight is 283 g/mol. The summed E-state index contributed by atoms with van der Waals surface area (Å²) < 4.78 is 13.2. The van der Waals surface area contributed by atoms with Crippen molar-refractivity contribution in [1.82, 2.24) is 4.31 Å². The molecule has 0 N–H and O–H groups in total. The fourth-order valence-electron chi connectivity index (χ4n) is 2.17. The zero-order valence-electron chi connectivity index (χ0n) is 10.6. The first-order valence-electron chi connectivity index (χ1n) is 5.88. The molecule has 2 atom stereocenters. The Morgan fingerprint density at radius 2 is 2.06 bits per heavy atom. The average Bonchev–Trinajstić information content (AvgIpc) is 2.88. The molecule has 0 aromatic heterocycles. The normalized spacial score (nSPS) is 22.0. The van der Waals surface area contributed by atoms with Crippen LogP contribution in [0.1, 0.15) is 16.8 Å². The number of hydrogen-bond donors (Lipinski definition) is 0. The summed E-state index contributed by atoms with van der Waals surface area (Å²) in [6.45, 7) is 1.37. The van der Waals surface area contributed by atoms with E-state index in [0.717, 1.165) is 23.4 Å². The van der Waals surface area contributed by atoms with Gasteiger partial charge in [0.05, 0.1) is 11.0 Å². The maximum Gasteiger partial charge on any atom is 0.167 e. The van der Waals surface area contributed by atoms with Gasteiger partial charge in [-0.15, -0.1) is 11.8 Å². The van der Waals surface area contributed by atoms with Gasteiger partial charge in [0.2, 0.25) is 0 Å². The minimum Gasteiger partial charge on any atom is -0.294 e. The molecule has 1 aliphatic rings. The summed E-state index contributed by atoms with van der Waals surface area (Å²) >= 11 is 1.67. The topological polar surface area (TPSA) is 37.4 Å². The maximum absolute atomic E-state index is 12.3. The standard InChI is InChI=1S/C13H17NO2S2/c1-17-12-5-3-10(4-6-12)13(15)11-7-8-14(9-11)18(2)16/h3-6,11H,7-9H2,1-2H3. The van der Waals surface area contributed by atoms with Crippen molar-refractivity contribution in [1.29, 1.82) is 0 Å². The van der Waals surface area contributed by atoms with Gasteiger partial charge in [-0.2, -0.15) is 0 Å². The van der Waals surface area contributed by atoms with Crippen molar-refractivity contribution in [2.45, 2.75) is 11.3 Å². The molecule has 1 heterocycles. The van der Waals surface area contributed by atoms with Crippen molar-refractivity contribution < 1.29 is 9.00 Å². The van der Waals surface area contributed by atoms with Gasteiger partial charge in [0, 0.05) is 35.7 Å². The van der Waals surface area contributed by atoms with Crippen molar-refractivity contribution in [2.24, 2.45) is 5.92 Å². The number of benzene rings is 1. The highest BCUT2D eigenvalue weighted by atomic mass is 32.2. The van der Waals surface area contributed by atoms with Crippen LogP contribution in [0.15, 0.2) is 29.2 Å². The number of ketones is 1. The predicted octanol–water partition coefficient (Wildman–Crippen LogP) is 2.21. The van der Waals surface area contributed by atoms with E-state index in [1.807, 2.05) is 34.8 Å². The van der Waals surface area contributed by atoms with E-state index in [1.165, 1.54) is 0 Å². The van der Waals surface area contributed by atoms with Gasteiger partial charge in [0.15, 0.2) is 5.78 Å². The number of carbonyl (C=O) groups is 1. The summed E-state index contributed by atoms with van der Waals surface area (Å²) in [6, 6.07) is 7.73. The Morgan fingerprint density at radius 3 is 2.56 bits per heavy atom. The van der Waals surface area contributed by atoms with E-state index < -0.39 is 11.0 Å². The molecule has 18 heavy (non-hydrogen) atoms. The van der Waals surface area contributed by atoms with Crippen LogP contribution in [0, 0.1) is 5.92 Å². The summed E-state index contributed by atoms with van der Waals surface area (Å²) in [6.07, 6.45) is 4.49. The molecule has 0 aliphatic carbocycles. The fraction of sp³-hybridized carbons (Fsp3) is 0.462. The number of hydrogen-bond acceptors (Lipinski definition) is 3. The molecule has 2 unspecified atom stereocenters. The summed E-state index contributed by atoms with van der Waals surface area (Å²) in [5.41, 5.74) is 0.765. The van der Waals surface area contributed by atoms with Crippen molar-refractivity contribution in [2.75, 3.05) is 25.6 Å². The number of nitrogens with zero attached hydrogens (tertiary/aromatic N) is 1. The zero-order chi connectivity index (χ0) is 13.1. The summed E-state index contributed by atoms with van der Waals surface area (Å²) in [5, 5.41) is 0. The van der Waals surface area contributed by atoms with Crippen LogP contribution in [0.3, 0.4) is 0 Å². The van der Waals surface area contributed by atoms with Gasteiger partial charge >= 0.3 is 0 Å². The Hall–Kier alpha value is -0.650. The molecule has 98 valence electrons. The third kappa shape index (κ3) is 3.02. The predicted molar refractivity (Wildman–Crippen MR) is 76.3 cm³/mol. The molecule has 1 fully saturated rings. The molecule has 0 amide bonds. The Bertz CT molecular complexity index is 459. The first-order valence-corrected chi connectivity index (χ1v) is 8.62. The second kappa shape index (κ2) is 5.99. The molecule has 0 saturated carbocycles. The van der Waals surface area contributed by atoms with Crippen LogP contribution < -0.4 is 0 Å². The van der Waals surface area contributed by atoms with Gasteiger partial charge in [-0.05, 0) is 24.8 Å². The zero-order valence-corrected chi connectivity index (χ0v) is 12.2. The van der Waals surface area contributed by atoms with Crippen molar-refractivity contribution in [3.8, 4) is 0 Å². The van der Waals surface area contributed by atoms with E-state index in [-0.39, 0.29) is 11.7 Å². The number of thioether (sulfide) groups is 1. The van der Waals surface area contributed by atoms with Crippen molar-refractivity contribution in [3.05, 3.63) is 29.8 Å². The highest BCUT2D eigenvalue weighted by Crippen LogP contribution is 2.23. The largest absolute Gasteiger partial charge is 0.294 e. The van der Waals surface area contributed by atoms with Crippen LogP contribution in [-0.2, 0) is 11.0 Å². The highest BCUT2D eigenvalue weighted by Gasteiger charge is 2.30. The molecule has 1 aromatic rings. The number of carbonyl (C=O) groups excluding carboxylic acids is 1. The van der Waals surface area contributed by atoms with Crippen LogP contribution in [0.5, 0.6) is 0 Å². The Kier molecular flexibility index (Phi) is 4.59. The lowest BCUT2D eigenvalue weighted by atomic mass is 9.97. The molecule has 0 bridgehead atoms. The first kappa shape index (κ1) is 13.8. The van der Waals surface area contributed by atoms with Crippen molar-refractivity contribution >= 4 is 28.5 Å². The van der Waals surface area contributed by atoms with Crippen LogP contribution in [-0.4, -0.2) is 39.9 Å². The van der Waals surface area contributed by atoms with Gasteiger partial charge in [-0.3, -0.25) is 4.79 Å². The summed E-state index contributed by atoms with van der Waals surface area (Å²) in [4.78, 5) is 13.4. The molecular weight excluding hydrogens is 266 g/mol. The van der Waals surface area contributed by atoms with Crippen LogP contribution in [0.2, 0.25) is 0 Å². The molecule has 5 heteroatoms. The van der Waals surface area contributed by atoms with Gasteiger partial charge < -0.3 is 0 Å². The van der Waals surface area contributed by atoms with Gasteiger partial charge in [-0.1, -0.05) is 12.1 Å². The van der Waals surface area contributed by atoms with E-state index in [9.17, 15) is 9.00 Å². The van der Waals surface area contributed by atoms with Gasteiger partial charge in [-0.25, -0.2) is 8.51 Å². The smallest absolute Gasteiger partial charge is 0.167 e. The molecule has 0 spiro atoms. The Labute approximate surface area is 115 Å². The molecule has 1 saturated heterocycles. The van der Waals surface area contributed by atoms with Crippen molar-refractivity contribution in [3.63, 3.8) is 0 Å². The molecule has 3 nitrogen and oxygen atoms in total. The molecule has 1 aliphatic heterocycles. The third-order valence-corrected chi connectivity index (χ3v) is 5.06. The molecular formula is C13H17NO2S2. The lowest BCUT2D eigenvalue weighted by Gasteiger charge is -2.11. The van der Waals surface area contributed by atoms with E-state index in [4.69, 9.17) is 0 Å². The van der Waals surface area contributed by atoms with E-state index in [1.54, 1.807) is 18.0 Å². The molecule has 2 rings (SSSR count). The quantitative estimate of drug-likeness (QED) is 0.628. The lowest BCUT2D eigenvalue weighted by Crippen LogP contribution is -2.24. The summed E-state index contributed by atoms with van der Waals surface area (Å²) in [5.74, 6) is 0.171. The third-order valence-electron chi connectivity index (χ3n) is 3.26. The monoisotopic (exact) mass is 283 g/mol. The van der Waals surface area contributed by atoms with Crippen LogP contribution in [0.25, 0.3) is 0 Å². The highest BCUT2D eigenvalue weighted by molar-refractivity contribution is 7.98. The second-order valence-corrected chi connectivity index (χ2v) is 6.63. The van der Waals surface area contributed by atoms with E-state index >= 15 is 0 Å². The molecule has 0 radical (unpaired) electrons. The van der Waals surface area contributed by atoms with E-state index in [2.05, 4.69) is 0 Å². The Morgan fingerprint density at radius 1 is 1.39 bits per heavy atom. The fourth-order valence-corrected chi connectivity index (χ4v) is 3.33. The van der Waals surface area contributed by atoms with Gasteiger partial charge in [0.25, 0.3) is 0 Å². The van der Waals surface area contributed by atoms with Crippen LogP contribution in [0.4, 0.5) is 0 Å². The second-order valence-electron chi connectivity index (χ2n) is 4.39. The molecule has 1 aromatic carbocycles. The summed E-state index contributed by atoms with van der Waals surface area (Å²) in [7, 11) is -0.962. The number of Topliss-reactive ketones (excluding diaryl/α,β-unsaturated/α-hetero) is 1. The maximum atomic E-state index is 12.3. The lowest BCUT2D eigenvalue weighted by molar-refractivity contribution is 0.0927. The minimum absolute atomic E-state index is 0.00553. The SMILES string of the molecule is CSc1ccc(C(=O)C2CCN(S(C)=O)C2)cc1. The minimum atomic E-state index is -0.962. The van der Waals surface area contributed by atoms with Gasteiger partial charge in [0.1, 0.15) is 0 Å². The first-order chi connectivity index (χ1) is 8.61.